The number of hydrogen-bond donors (Lipinski definition) is 1. The van der Waals surface area contributed by atoms with Crippen molar-refractivity contribution in [2.24, 2.45) is 0 Å². The summed E-state index contributed by atoms with van der Waals surface area (Å²) in [4.78, 5) is 13.0. The van der Waals surface area contributed by atoms with Gasteiger partial charge < -0.3 is 9.67 Å². The average Bonchev–Trinajstić information content (AvgIpc) is 3.09. The number of nitrogens with zero attached hydrogens (tertiary/aromatic N) is 4. The molecule has 2 aromatic heterocycles. The van der Waals surface area contributed by atoms with Gasteiger partial charge in [0.1, 0.15) is 5.75 Å². The second-order valence-electron chi connectivity index (χ2n) is 4.95. The summed E-state index contributed by atoms with van der Waals surface area (Å²) >= 11 is 0. The van der Waals surface area contributed by atoms with Crippen molar-refractivity contribution in [3.63, 3.8) is 0 Å². The van der Waals surface area contributed by atoms with Gasteiger partial charge >= 0.3 is 0 Å². The molecule has 2 aromatic carbocycles. The standard InChI is InChI=1S/C17H12N4O/c22-15-4-1-12(2-5-15)17-19-10-13-9-14(3-6-16(13)20-17)21-8-7-18-11-21/h1-11,22H. The topological polar surface area (TPSA) is 63.8 Å². The predicted octanol–water partition coefficient (Wildman–Crippen LogP) is 3.19. The van der Waals surface area contributed by atoms with Gasteiger partial charge in [-0.25, -0.2) is 15.0 Å². The van der Waals surface area contributed by atoms with Crippen molar-refractivity contribution in [2.45, 2.75) is 0 Å². The van der Waals surface area contributed by atoms with E-state index in [1.54, 1.807) is 36.8 Å². The minimum atomic E-state index is 0.231. The number of aromatic hydroxyl groups is 1. The SMILES string of the molecule is Oc1ccc(-c2ncc3cc(-n4ccnc4)ccc3n2)cc1. The van der Waals surface area contributed by atoms with Crippen molar-refractivity contribution in [1.29, 1.82) is 0 Å². The lowest BCUT2D eigenvalue weighted by molar-refractivity contribution is 0.475. The molecule has 0 saturated carbocycles. The third kappa shape index (κ3) is 2.18. The van der Waals surface area contributed by atoms with Crippen molar-refractivity contribution >= 4 is 10.9 Å². The third-order valence-electron chi connectivity index (χ3n) is 3.49. The number of rotatable bonds is 2. The highest BCUT2D eigenvalue weighted by Crippen LogP contribution is 2.22. The van der Waals surface area contributed by atoms with Gasteiger partial charge in [-0.1, -0.05) is 0 Å². The molecule has 0 fully saturated rings. The summed E-state index contributed by atoms with van der Waals surface area (Å²) < 4.78 is 1.94. The van der Waals surface area contributed by atoms with Crippen LogP contribution in [-0.2, 0) is 0 Å². The van der Waals surface area contributed by atoms with E-state index in [-0.39, 0.29) is 5.75 Å². The molecule has 1 N–H and O–H groups in total. The Morgan fingerprint density at radius 1 is 1.00 bits per heavy atom. The molecule has 0 unspecified atom stereocenters. The van der Waals surface area contributed by atoms with Gasteiger partial charge in [0, 0.05) is 35.2 Å². The van der Waals surface area contributed by atoms with Crippen LogP contribution in [0.1, 0.15) is 0 Å². The molecule has 0 saturated heterocycles. The van der Waals surface area contributed by atoms with Gasteiger partial charge in [0.25, 0.3) is 0 Å². The molecule has 0 amide bonds. The highest BCUT2D eigenvalue weighted by molar-refractivity contribution is 5.81. The zero-order valence-electron chi connectivity index (χ0n) is 11.6. The van der Waals surface area contributed by atoms with E-state index in [9.17, 15) is 5.11 Å². The summed E-state index contributed by atoms with van der Waals surface area (Å²) in [6.07, 6.45) is 7.21. The molecule has 2 heterocycles. The van der Waals surface area contributed by atoms with Crippen molar-refractivity contribution in [1.82, 2.24) is 19.5 Å². The second kappa shape index (κ2) is 4.96. The van der Waals surface area contributed by atoms with Crippen LogP contribution >= 0.6 is 0 Å². The lowest BCUT2D eigenvalue weighted by Crippen LogP contribution is -1.93. The Labute approximate surface area is 126 Å². The molecule has 5 heteroatoms. The molecule has 0 spiro atoms. The van der Waals surface area contributed by atoms with Crippen LogP contribution in [0.15, 0.2) is 67.4 Å². The second-order valence-corrected chi connectivity index (χ2v) is 4.95. The Hall–Kier alpha value is -3.21. The summed E-state index contributed by atoms with van der Waals surface area (Å²) in [5.74, 6) is 0.873. The molecule has 0 aliphatic carbocycles. The van der Waals surface area contributed by atoms with Gasteiger partial charge in [0.05, 0.1) is 11.8 Å². The third-order valence-corrected chi connectivity index (χ3v) is 3.49. The smallest absolute Gasteiger partial charge is 0.159 e. The van der Waals surface area contributed by atoms with E-state index in [1.807, 2.05) is 35.2 Å². The largest absolute Gasteiger partial charge is 0.508 e. The summed E-state index contributed by atoms with van der Waals surface area (Å²) in [5, 5.41) is 10.3. The molecular formula is C17H12N4O. The quantitative estimate of drug-likeness (QED) is 0.615. The first-order valence-electron chi connectivity index (χ1n) is 6.84. The minimum absolute atomic E-state index is 0.231. The van der Waals surface area contributed by atoms with Crippen molar-refractivity contribution in [3.8, 4) is 22.8 Å². The highest BCUT2D eigenvalue weighted by Gasteiger charge is 2.05. The summed E-state index contributed by atoms with van der Waals surface area (Å²) in [6.45, 7) is 0. The lowest BCUT2D eigenvalue weighted by atomic mass is 10.2. The van der Waals surface area contributed by atoms with Crippen LogP contribution in [0.5, 0.6) is 5.75 Å². The normalized spacial score (nSPS) is 10.9. The molecule has 5 nitrogen and oxygen atoms in total. The van der Waals surface area contributed by atoms with E-state index in [4.69, 9.17) is 0 Å². The highest BCUT2D eigenvalue weighted by atomic mass is 16.3. The van der Waals surface area contributed by atoms with E-state index >= 15 is 0 Å². The minimum Gasteiger partial charge on any atom is -0.508 e. The van der Waals surface area contributed by atoms with Crippen LogP contribution in [-0.4, -0.2) is 24.6 Å². The Balaban J connectivity index is 1.78. The van der Waals surface area contributed by atoms with Crippen LogP contribution in [0.25, 0.3) is 28.0 Å². The number of benzene rings is 2. The number of aromatic nitrogens is 4. The van der Waals surface area contributed by atoms with Crippen LogP contribution in [0.3, 0.4) is 0 Å². The maximum absolute atomic E-state index is 9.35. The van der Waals surface area contributed by atoms with E-state index < -0.39 is 0 Å². The van der Waals surface area contributed by atoms with Gasteiger partial charge in [0.15, 0.2) is 5.82 Å². The number of imidazole rings is 1. The molecule has 0 aliphatic rings. The van der Waals surface area contributed by atoms with E-state index in [2.05, 4.69) is 15.0 Å². The molecule has 4 aromatic rings. The van der Waals surface area contributed by atoms with Crippen LogP contribution in [0.2, 0.25) is 0 Å². The monoisotopic (exact) mass is 288 g/mol. The van der Waals surface area contributed by atoms with E-state index in [0.29, 0.717) is 5.82 Å². The van der Waals surface area contributed by atoms with E-state index in [0.717, 1.165) is 22.2 Å². The summed E-state index contributed by atoms with van der Waals surface area (Å²) in [5.41, 5.74) is 2.77. The molecule has 106 valence electrons. The fourth-order valence-corrected chi connectivity index (χ4v) is 2.34. The van der Waals surface area contributed by atoms with Crippen molar-refractivity contribution in [2.75, 3.05) is 0 Å². The molecule has 0 bridgehead atoms. The lowest BCUT2D eigenvalue weighted by Gasteiger charge is -2.06. The Morgan fingerprint density at radius 2 is 1.86 bits per heavy atom. The molecule has 22 heavy (non-hydrogen) atoms. The number of phenols is 1. The summed E-state index contributed by atoms with van der Waals surface area (Å²) in [7, 11) is 0. The van der Waals surface area contributed by atoms with Crippen LogP contribution in [0, 0.1) is 0 Å². The van der Waals surface area contributed by atoms with Gasteiger partial charge in [-0.05, 0) is 42.5 Å². The zero-order chi connectivity index (χ0) is 14.9. The predicted molar refractivity (Wildman–Crippen MR) is 83.8 cm³/mol. The van der Waals surface area contributed by atoms with Gasteiger partial charge in [-0.3, -0.25) is 0 Å². The fraction of sp³-hybridized carbons (Fsp3) is 0. The number of fused-ring (bicyclic) bond motifs is 1. The molecule has 0 aliphatic heterocycles. The molecule has 0 atom stereocenters. The number of phenolic OH excluding ortho intramolecular Hbond substituents is 1. The Bertz CT molecular complexity index is 931. The van der Waals surface area contributed by atoms with Gasteiger partial charge in [-0.2, -0.15) is 0 Å². The van der Waals surface area contributed by atoms with Crippen LogP contribution in [0.4, 0.5) is 0 Å². The van der Waals surface area contributed by atoms with Gasteiger partial charge in [-0.15, -0.1) is 0 Å². The Morgan fingerprint density at radius 3 is 2.64 bits per heavy atom. The number of hydrogen-bond acceptors (Lipinski definition) is 4. The van der Waals surface area contributed by atoms with Crippen LogP contribution < -0.4 is 0 Å². The first-order valence-corrected chi connectivity index (χ1v) is 6.84. The molecular weight excluding hydrogens is 276 g/mol. The summed E-state index contributed by atoms with van der Waals surface area (Å²) in [6, 6.07) is 12.9. The maximum Gasteiger partial charge on any atom is 0.159 e. The zero-order valence-corrected chi connectivity index (χ0v) is 11.6. The van der Waals surface area contributed by atoms with Gasteiger partial charge in [0.2, 0.25) is 0 Å². The van der Waals surface area contributed by atoms with E-state index in [1.165, 1.54) is 0 Å². The van der Waals surface area contributed by atoms with Crippen molar-refractivity contribution < 1.29 is 5.11 Å². The average molecular weight is 288 g/mol. The van der Waals surface area contributed by atoms with Crippen molar-refractivity contribution in [3.05, 3.63) is 67.4 Å². The fourth-order valence-electron chi connectivity index (χ4n) is 2.34. The first kappa shape index (κ1) is 12.5. The molecule has 4 rings (SSSR count). The maximum atomic E-state index is 9.35. The Kier molecular flexibility index (Phi) is 2.83. The first-order chi connectivity index (χ1) is 10.8. The molecule has 0 radical (unpaired) electrons.